The Morgan fingerprint density at radius 3 is 2.31 bits per heavy atom. The predicted octanol–water partition coefficient (Wildman–Crippen LogP) is 3.69. The lowest BCUT2D eigenvalue weighted by molar-refractivity contribution is -0.149. The third-order valence-electron chi connectivity index (χ3n) is 6.71. The average Bonchev–Trinajstić information content (AvgIpc) is 3.46. The van der Waals surface area contributed by atoms with Crippen LogP contribution >= 0.6 is 0 Å². The number of unbranched alkanes of at least 4 members (excludes halogenated alkanes) is 2. The summed E-state index contributed by atoms with van der Waals surface area (Å²) in [4.78, 5) is 35.3. The van der Waals surface area contributed by atoms with Crippen molar-refractivity contribution in [3.05, 3.63) is 59.7 Å². The molecule has 0 unspecified atom stereocenters. The molecular weight excluding hydrogens is 448 g/mol. The summed E-state index contributed by atoms with van der Waals surface area (Å²) in [7, 11) is 0. The molecule has 186 valence electrons. The van der Waals surface area contributed by atoms with Gasteiger partial charge in [0, 0.05) is 38.0 Å². The topological polar surface area (TPSA) is 114 Å². The molecule has 1 saturated heterocycles. The van der Waals surface area contributed by atoms with Gasteiger partial charge in [-0.25, -0.2) is 9.59 Å². The molecule has 1 aliphatic heterocycles. The number of nitrogens with one attached hydrogen (secondary N) is 2. The van der Waals surface area contributed by atoms with E-state index in [4.69, 9.17) is 14.6 Å². The second-order valence-corrected chi connectivity index (χ2v) is 9.05. The zero-order valence-corrected chi connectivity index (χ0v) is 19.7. The number of carboxylic acids is 1. The number of ether oxygens (including phenoxy) is 2. The summed E-state index contributed by atoms with van der Waals surface area (Å²) in [6.07, 6.45) is 1.98. The highest BCUT2D eigenvalue weighted by Crippen LogP contribution is 2.44. The van der Waals surface area contributed by atoms with Gasteiger partial charge in [-0.15, -0.1) is 0 Å². The molecule has 0 saturated carbocycles. The Hall–Kier alpha value is -3.39. The Balaban J connectivity index is 1.09. The van der Waals surface area contributed by atoms with Crippen LogP contribution in [0.4, 0.5) is 4.79 Å². The molecule has 1 aliphatic carbocycles. The molecule has 8 nitrogen and oxygen atoms in total. The minimum atomic E-state index is -0.981. The SMILES string of the molecule is O=C(CCCCCNC(=O)OCC1c2ccccc2-c2ccccc21)NC[C@H]1CCO[C@H]1C(=O)O. The largest absolute Gasteiger partial charge is 0.479 e. The maximum Gasteiger partial charge on any atom is 0.407 e. The van der Waals surface area contributed by atoms with E-state index in [1.54, 1.807) is 0 Å². The second kappa shape index (κ2) is 11.8. The number of hydrogen-bond donors (Lipinski definition) is 3. The van der Waals surface area contributed by atoms with Gasteiger partial charge in [0.25, 0.3) is 0 Å². The van der Waals surface area contributed by atoms with Gasteiger partial charge >= 0.3 is 12.1 Å². The third-order valence-corrected chi connectivity index (χ3v) is 6.71. The smallest absolute Gasteiger partial charge is 0.407 e. The summed E-state index contributed by atoms with van der Waals surface area (Å²) < 4.78 is 10.7. The van der Waals surface area contributed by atoms with Crippen molar-refractivity contribution in [3.63, 3.8) is 0 Å². The van der Waals surface area contributed by atoms with E-state index in [1.807, 2.05) is 24.3 Å². The normalized spacial score (nSPS) is 18.5. The van der Waals surface area contributed by atoms with Crippen LogP contribution in [-0.4, -0.2) is 55.5 Å². The number of carbonyl (C=O) groups is 3. The van der Waals surface area contributed by atoms with Crippen LogP contribution in [-0.2, 0) is 19.1 Å². The minimum absolute atomic E-state index is 0.0354. The molecule has 0 radical (unpaired) electrons. The average molecular weight is 481 g/mol. The van der Waals surface area contributed by atoms with Gasteiger partial charge in [0.2, 0.25) is 5.91 Å². The summed E-state index contributed by atoms with van der Waals surface area (Å²) in [5, 5.41) is 14.7. The molecule has 3 N–H and O–H groups in total. The molecule has 1 heterocycles. The molecule has 2 atom stereocenters. The molecule has 2 aromatic carbocycles. The van der Waals surface area contributed by atoms with Gasteiger partial charge in [-0.2, -0.15) is 0 Å². The first-order valence-electron chi connectivity index (χ1n) is 12.2. The first-order chi connectivity index (χ1) is 17.0. The summed E-state index contributed by atoms with van der Waals surface area (Å²) >= 11 is 0. The standard InChI is InChI=1S/C27H32N2O6/c30-24(29-16-18-13-15-34-25(18)26(31)32)12-2-1-7-14-28-27(33)35-17-23-21-10-5-3-8-19(21)20-9-4-6-11-22(20)23/h3-6,8-11,18,23,25H,1-2,7,12-17H2,(H,28,33)(H,29,30)(H,31,32)/t18-,25-/m1/s1. The van der Waals surface area contributed by atoms with Crippen molar-refractivity contribution in [1.82, 2.24) is 10.6 Å². The van der Waals surface area contributed by atoms with Crippen molar-refractivity contribution in [2.75, 3.05) is 26.3 Å². The van der Waals surface area contributed by atoms with Crippen LogP contribution in [0.15, 0.2) is 48.5 Å². The van der Waals surface area contributed by atoms with Crippen molar-refractivity contribution in [1.29, 1.82) is 0 Å². The predicted molar refractivity (Wildman–Crippen MR) is 130 cm³/mol. The molecule has 0 spiro atoms. The van der Waals surface area contributed by atoms with Gasteiger partial charge in [-0.3, -0.25) is 4.79 Å². The Labute approximate surface area is 205 Å². The number of hydrogen-bond acceptors (Lipinski definition) is 5. The lowest BCUT2D eigenvalue weighted by Crippen LogP contribution is -2.36. The van der Waals surface area contributed by atoms with E-state index in [2.05, 4.69) is 34.9 Å². The molecule has 0 bridgehead atoms. The van der Waals surface area contributed by atoms with Crippen molar-refractivity contribution < 1.29 is 29.0 Å². The number of carboxylic acid groups (broad SMARTS) is 1. The first kappa shape index (κ1) is 24.7. The molecule has 8 heteroatoms. The maximum absolute atomic E-state index is 12.2. The molecule has 2 amide bonds. The number of alkyl carbamates (subject to hydrolysis) is 1. The van der Waals surface area contributed by atoms with Gasteiger partial charge in [0.15, 0.2) is 6.10 Å². The molecule has 1 fully saturated rings. The van der Waals surface area contributed by atoms with E-state index in [1.165, 1.54) is 22.3 Å². The van der Waals surface area contributed by atoms with E-state index in [9.17, 15) is 14.4 Å². The van der Waals surface area contributed by atoms with E-state index in [0.29, 0.717) is 39.0 Å². The van der Waals surface area contributed by atoms with Gasteiger partial charge in [-0.1, -0.05) is 55.0 Å². The Bertz CT molecular complexity index is 1010. The van der Waals surface area contributed by atoms with Crippen LogP contribution < -0.4 is 10.6 Å². The van der Waals surface area contributed by atoms with Crippen LogP contribution in [0.1, 0.15) is 49.1 Å². The third kappa shape index (κ3) is 6.19. The molecule has 2 aliphatic rings. The summed E-state index contributed by atoms with van der Waals surface area (Å²) in [5.74, 6) is -1.22. The van der Waals surface area contributed by atoms with Crippen LogP contribution in [0.2, 0.25) is 0 Å². The van der Waals surface area contributed by atoms with E-state index in [0.717, 1.165) is 12.8 Å². The van der Waals surface area contributed by atoms with Gasteiger partial charge in [-0.05, 0) is 41.5 Å². The molecule has 0 aromatic heterocycles. The van der Waals surface area contributed by atoms with Gasteiger partial charge in [0.05, 0.1) is 0 Å². The number of amides is 2. The van der Waals surface area contributed by atoms with Gasteiger partial charge in [0.1, 0.15) is 6.61 Å². The lowest BCUT2D eigenvalue weighted by atomic mass is 9.98. The Kier molecular flexibility index (Phi) is 8.36. The Morgan fingerprint density at radius 2 is 1.63 bits per heavy atom. The fourth-order valence-electron chi connectivity index (χ4n) is 4.88. The maximum atomic E-state index is 12.2. The molecule has 2 aromatic rings. The molecule has 35 heavy (non-hydrogen) atoms. The van der Waals surface area contributed by atoms with Crippen LogP contribution in [0, 0.1) is 5.92 Å². The summed E-state index contributed by atoms with van der Waals surface area (Å²) in [6.45, 7) is 1.50. The highest BCUT2D eigenvalue weighted by atomic mass is 16.5. The van der Waals surface area contributed by atoms with Gasteiger partial charge < -0.3 is 25.2 Å². The van der Waals surface area contributed by atoms with E-state index < -0.39 is 18.2 Å². The highest BCUT2D eigenvalue weighted by molar-refractivity contribution is 5.79. The number of benzene rings is 2. The molecular formula is C27H32N2O6. The minimum Gasteiger partial charge on any atom is -0.479 e. The van der Waals surface area contributed by atoms with Crippen molar-refractivity contribution >= 4 is 18.0 Å². The zero-order valence-electron chi connectivity index (χ0n) is 19.7. The number of aliphatic carboxylic acids is 1. The van der Waals surface area contributed by atoms with Crippen LogP contribution in [0.25, 0.3) is 11.1 Å². The highest BCUT2D eigenvalue weighted by Gasteiger charge is 2.34. The quantitative estimate of drug-likeness (QED) is 0.423. The number of carbonyl (C=O) groups excluding carboxylic acids is 2. The van der Waals surface area contributed by atoms with Crippen LogP contribution in [0.3, 0.4) is 0 Å². The first-order valence-corrected chi connectivity index (χ1v) is 12.2. The summed E-state index contributed by atoms with van der Waals surface area (Å²) in [6, 6.07) is 16.4. The van der Waals surface area contributed by atoms with Crippen molar-refractivity contribution in [2.45, 2.75) is 44.1 Å². The van der Waals surface area contributed by atoms with Crippen molar-refractivity contribution in [3.8, 4) is 11.1 Å². The monoisotopic (exact) mass is 480 g/mol. The fraction of sp³-hybridized carbons (Fsp3) is 0.444. The second-order valence-electron chi connectivity index (χ2n) is 9.05. The molecule has 4 rings (SSSR count). The number of fused-ring (bicyclic) bond motifs is 3. The fourth-order valence-corrected chi connectivity index (χ4v) is 4.88. The van der Waals surface area contributed by atoms with Crippen LogP contribution in [0.5, 0.6) is 0 Å². The zero-order chi connectivity index (χ0) is 24.6. The van der Waals surface area contributed by atoms with E-state index in [-0.39, 0.29) is 24.3 Å². The Morgan fingerprint density at radius 1 is 0.943 bits per heavy atom. The van der Waals surface area contributed by atoms with Crippen molar-refractivity contribution in [2.24, 2.45) is 5.92 Å². The number of rotatable bonds is 11. The lowest BCUT2D eigenvalue weighted by Gasteiger charge is -2.15. The summed E-state index contributed by atoms with van der Waals surface area (Å²) in [5.41, 5.74) is 4.75. The van der Waals surface area contributed by atoms with E-state index >= 15 is 0 Å².